The smallest absolute Gasteiger partial charge is 0.251 e. The number of nitrogens with one attached hydrogen (secondary N) is 2. The molecule has 0 unspecified atom stereocenters. The molecule has 31 heavy (non-hydrogen) atoms. The fourth-order valence-electron chi connectivity index (χ4n) is 3.60. The number of benzene rings is 2. The molecule has 0 atom stereocenters. The van der Waals surface area contributed by atoms with Crippen molar-refractivity contribution >= 4 is 28.4 Å². The highest BCUT2D eigenvalue weighted by Gasteiger charge is 2.11. The Kier molecular flexibility index (Phi) is 6.57. The zero-order valence-electron chi connectivity index (χ0n) is 17.4. The molecule has 2 aromatic carbocycles. The van der Waals surface area contributed by atoms with E-state index in [9.17, 15) is 4.79 Å². The number of aryl methyl sites for hydroxylation is 2. The molecule has 0 saturated carbocycles. The number of aromatic amines is 1. The summed E-state index contributed by atoms with van der Waals surface area (Å²) in [7, 11) is 0. The van der Waals surface area contributed by atoms with Crippen molar-refractivity contribution in [2.45, 2.75) is 32.6 Å². The number of amides is 1. The molecule has 0 radical (unpaired) electrons. The molecule has 0 bridgehead atoms. The highest BCUT2D eigenvalue weighted by atomic mass is 35.5. The van der Waals surface area contributed by atoms with E-state index in [-0.39, 0.29) is 5.91 Å². The molecule has 158 valence electrons. The number of H-pyrrole nitrogens is 1. The van der Waals surface area contributed by atoms with Gasteiger partial charge in [-0.3, -0.25) is 9.89 Å². The summed E-state index contributed by atoms with van der Waals surface area (Å²) in [6, 6.07) is 15.6. The van der Waals surface area contributed by atoms with E-state index in [1.54, 1.807) is 0 Å². The third-order valence-electron chi connectivity index (χ3n) is 5.16. The third-order valence-corrected chi connectivity index (χ3v) is 5.41. The summed E-state index contributed by atoms with van der Waals surface area (Å²) in [4.78, 5) is 21.6. The van der Waals surface area contributed by atoms with E-state index in [0.29, 0.717) is 17.1 Å². The van der Waals surface area contributed by atoms with Gasteiger partial charge in [0, 0.05) is 34.5 Å². The number of carbonyl (C=O) groups excluding carboxylic acids is 1. The van der Waals surface area contributed by atoms with Crippen molar-refractivity contribution in [2.24, 2.45) is 0 Å². The van der Waals surface area contributed by atoms with Gasteiger partial charge in [-0.1, -0.05) is 43.1 Å². The lowest BCUT2D eigenvalue weighted by molar-refractivity contribution is 0.0953. The van der Waals surface area contributed by atoms with Crippen LogP contribution in [0, 0.1) is 0 Å². The lowest BCUT2D eigenvalue weighted by atomic mass is 9.99. The second-order valence-corrected chi connectivity index (χ2v) is 7.88. The number of aromatic nitrogens is 4. The van der Waals surface area contributed by atoms with Crippen LogP contribution in [0.3, 0.4) is 0 Å². The van der Waals surface area contributed by atoms with Crippen LogP contribution in [-0.2, 0) is 12.8 Å². The van der Waals surface area contributed by atoms with Gasteiger partial charge in [-0.05, 0) is 48.7 Å². The molecule has 7 heteroatoms. The van der Waals surface area contributed by atoms with E-state index in [2.05, 4.69) is 33.5 Å². The van der Waals surface area contributed by atoms with Gasteiger partial charge in [0.25, 0.3) is 5.91 Å². The minimum absolute atomic E-state index is 0.102. The molecule has 0 aliphatic heterocycles. The Bertz CT molecular complexity index is 1170. The van der Waals surface area contributed by atoms with Gasteiger partial charge in [0.1, 0.15) is 12.2 Å². The number of hydrogen-bond acceptors (Lipinski definition) is 4. The molecular weight excluding hydrogens is 410 g/mol. The van der Waals surface area contributed by atoms with E-state index in [1.165, 1.54) is 11.9 Å². The normalized spacial score (nSPS) is 11.0. The van der Waals surface area contributed by atoms with Crippen molar-refractivity contribution in [1.29, 1.82) is 0 Å². The predicted molar refractivity (Wildman–Crippen MR) is 123 cm³/mol. The van der Waals surface area contributed by atoms with Crippen LogP contribution in [0.15, 0.2) is 54.9 Å². The average Bonchev–Trinajstić information content (AvgIpc) is 3.30. The van der Waals surface area contributed by atoms with Crippen LogP contribution < -0.4 is 5.32 Å². The Morgan fingerprint density at radius 2 is 1.94 bits per heavy atom. The van der Waals surface area contributed by atoms with Crippen molar-refractivity contribution in [2.75, 3.05) is 6.54 Å². The maximum atomic E-state index is 12.7. The van der Waals surface area contributed by atoms with Crippen molar-refractivity contribution < 1.29 is 4.79 Å². The number of rotatable bonds is 8. The Balaban J connectivity index is 1.56. The molecule has 4 aromatic rings. The lowest BCUT2D eigenvalue weighted by Crippen LogP contribution is -2.24. The zero-order chi connectivity index (χ0) is 21.6. The fourth-order valence-corrected chi connectivity index (χ4v) is 3.72. The summed E-state index contributed by atoms with van der Waals surface area (Å²) in [5.74, 6) is 0.720. The minimum atomic E-state index is -0.102. The molecule has 1 amide bonds. The molecular formula is C24H24ClN5O. The summed E-state index contributed by atoms with van der Waals surface area (Å²) in [6.07, 6.45) is 5.00. The highest BCUT2D eigenvalue weighted by molar-refractivity contribution is 6.30. The van der Waals surface area contributed by atoms with Gasteiger partial charge in [-0.15, -0.1) is 0 Å². The second kappa shape index (κ2) is 9.71. The average molecular weight is 434 g/mol. The molecule has 0 aliphatic rings. The van der Waals surface area contributed by atoms with E-state index < -0.39 is 0 Å². The van der Waals surface area contributed by atoms with E-state index in [1.807, 2.05) is 42.5 Å². The minimum Gasteiger partial charge on any atom is -0.352 e. The lowest BCUT2D eigenvalue weighted by Gasteiger charge is -2.11. The summed E-state index contributed by atoms with van der Waals surface area (Å²) in [5, 5.41) is 11.4. The van der Waals surface area contributed by atoms with Crippen LogP contribution >= 0.6 is 11.6 Å². The summed E-state index contributed by atoms with van der Waals surface area (Å²) >= 11 is 6.04. The van der Waals surface area contributed by atoms with Gasteiger partial charge in [0.05, 0.1) is 11.2 Å². The SMILES string of the molecule is CCCc1cc(-c2ccc(Cl)cc2)nc2cc(C(=O)NCCCc3ncn[nH]3)ccc12. The Labute approximate surface area is 186 Å². The number of fused-ring (bicyclic) bond motifs is 1. The molecule has 6 nitrogen and oxygen atoms in total. The number of carbonyl (C=O) groups is 1. The van der Waals surface area contributed by atoms with E-state index in [4.69, 9.17) is 16.6 Å². The summed E-state index contributed by atoms with van der Waals surface area (Å²) in [6.45, 7) is 2.73. The first-order valence-corrected chi connectivity index (χ1v) is 10.8. The monoisotopic (exact) mass is 433 g/mol. The van der Waals surface area contributed by atoms with Gasteiger partial charge in [0.2, 0.25) is 0 Å². The molecule has 2 N–H and O–H groups in total. The van der Waals surface area contributed by atoms with Crippen LogP contribution in [0.2, 0.25) is 5.02 Å². The first-order chi connectivity index (χ1) is 15.1. The van der Waals surface area contributed by atoms with Crippen LogP contribution in [-0.4, -0.2) is 32.6 Å². The molecule has 2 heterocycles. The molecule has 0 saturated heterocycles. The standard InChI is InChI=1S/C24H24ClN5O/c1-2-4-17-13-21(16-6-9-19(25)10-7-16)29-22-14-18(8-11-20(17)22)24(31)26-12-3-5-23-27-15-28-30-23/h6-11,13-15H,2-5,12H2,1H3,(H,26,31)(H,27,28,30). The second-order valence-electron chi connectivity index (χ2n) is 7.45. The van der Waals surface area contributed by atoms with E-state index >= 15 is 0 Å². The number of nitrogens with zero attached hydrogens (tertiary/aromatic N) is 3. The van der Waals surface area contributed by atoms with Gasteiger partial charge in [0.15, 0.2) is 0 Å². The largest absolute Gasteiger partial charge is 0.352 e. The Morgan fingerprint density at radius 3 is 2.68 bits per heavy atom. The van der Waals surface area contributed by atoms with Gasteiger partial charge < -0.3 is 5.32 Å². The van der Waals surface area contributed by atoms with Gasteiger partial charge >= 0.3 is 0 Å². The number of hydrogen-bond donors (Lipinski definition) is 2. The van der Waals surface area contributed by atoms with Crippen molar-refractivity contribution in [3.8, 4) is 11.3 Å². The quantitative estimate of drug-likeness (QED) is 0.383. The predicted octanol–water partition coefficient (Wildman–Crippen LogP) is 4.99. The maximum Gasteiger partial charge on any atom is 0.251 e. The highest BCUT2D eigenvalue weighted by Crippen LogP contribution is 2.27. The maximum absolute atomic E-state index is 12.7. The van der Waals surface area contributed by atoms with Crippen molar-refractivity contribution in [3.05, 3.63) is 76.8 Å². The Hall–Kier alpha value is -3.25. The molecule has 0 aliphatic carbocycles. The van der Waals surface area contributed by atoms with Crippen LogP contribution in [0.25, 0.3) is 22.2 Å². The fraction of sp³-hybridized carbons (Fsp3) is 0.250. The number of pyridine rings is 1. The molecule has 0 fully saturated rings. The van der Waals surface area contributed by atoms with Crippen LogP contribution in [0.1, 0.15) is 41.5 Å². The van der Waals surface area contributed by atoms with Crippen LogP contribution in [0.4, 0.5) is 0 Å². The van der Waals surface area contributed by atoms with E-state index in [0.717, 1.165) is 53.7 Å². The molecule has 2 aromatic heterocycles. The van der Waals surface area contributed by atoms with Crippen LogP contribution in [0.5, 0.6) is 0 Å². The summed E-state index contributed by atoms with van der Waals surface area (Å²) < 4.78 is 0. The topological polar surface area (TPSA) is 83.6 Å². The first-order valence-electron chi connectivity index (χ1n) is 10.5. The first kappa shape index (κ1) is 21.0. The van der Waals surface area contributed by atoms with Crippen molar-refractivity contribution in [3.63, 3.8) is 0 Å². The Morgan fingerprint density at radius 1 is 1.10 bits per heavy atom. The molecule has 4 rings (SSSR count). The number of halogens is 1. The van der Waals surface area contributed by atoms with Crippen molar-refractivity contribution in [1.82, 2.24) is 25.5 Å². The third kappa shape index (κ3) is 5.09. The molecule has 0 spiro atoms. The van der Waals surface area contributed by atoms with Gasteiger partial charge in [-0.25, -0.2) is 9.97 Å². The van der Waals surface area contributed by atoms with Gasteiger partial charge in [-0.2, -0.15) is 5.10 Å². The summed E-state index contributed by atoms with van der Waals surface area (Å²) in [5.41, 5.74) is 4.56. The zero-order valence-corrected chi connectivity index (χ0v) is 18.1.